The minimum atomic E-state index is -5.08. The van der Waals surface area contributed by atoms with Crippen LogP contribution in [0, 0.1) is 0 Å². The predicted molar refractivity (Wildman–Crippen MR) is 50.1 cm³/mol. The van der Waals surface area contributed by atoms with Gasteiger partial charge in [0.2, 0.25) is 0 Å². The van der Waals surface area contributed by atoms with E-state index in [4.69, 9.17) is 9.90 Å². The molecule has 0 saturated carbocycles. The van der Waals surface area contributed by atoms with Gasteiger partial charge in [-0.1, -0.05) is 0 Å². The Labute approximate surface area is 89.1 Å². The van der Waals surface area contributed by atoms with Crippen LogP contribution in [-0.2, 0) is 11.2 Å². The maximum absolute atomic E-state index is 10.6. The Bertz CT molecular complexity index is 356. The molecule has 88 valence electrons. The van der Waals surface area contributed by atoms with Gasteiger partial charge in [-0.25, -0.2) is 4.79 Å². The van der Waals surface area contributed by atoms with Crippen LogP contribution in [0.25, 0.3) is 0 Å². The summed E-state index contributed by atoms with van der Waals surface area (Å²) >= 11 is 0. The molecular weight excluding hydrogens is 225 g/mol. The van der Waals surface area contributed by atoms with Crippen molar-refractivity contribution in [3.8, 4) is 0 Å². The Morgan fingerprint density at radius 2 is 2.12 bits per heavy atom. The van der Waals surface area contributed by atoms with Crippen molar-refractivity contribution < 1.29 is 23.1 Å². The topological polar surface area (TPSA) is 62.2 Å². The third-order valence-corrected chi connectivity index (χ3v) is 1.86. The standard InChI is InChI=1S/C7H8N2.C2HF3O2/c1-4-9-7-2-3-8-5-6(1)7;3-2(4,5)1(6)7/h2-3,5,9H,1,4H2;(H,6,7). The van der Waals surface area contributed by atoms with Crippen LogP contribution in [0.4, 0.5) is 18.9 Å². The molecule has 0 aliphatic carbocycles. The Hall–Kier alpha value is -1.79. The first kappa shape index (κ1) is 12.3. The first-order valence-corrected chi connectivity index (χ1v) is 4.38. The maximum atomic E-state index is 10.6. The molecule has 0 aromatic carbocycles. The van der Waals surface area contributed by atoms with Gasteiger partial charge in [0.25, 0.3) is 0 Å². The van der Waals surface area contributed by atoms with Crippen molar-refractivity contribution in [2.75, 3.05) is 11.9 Å². The highest BCUT2D eigenvalue weighted by molar-refractivity contribution is 5.73. The van der Waals surface area contributed by atoms with Crippen LogP contribution >= 0.6 is 0 Å². The number of carboxylic acids is 1. The zero-order chi connectivity index (χ0) is 12.2. The lowest BCUT2D eigenvalue weighted by Gasteiger charge is -1.93. The summed E-state index contributed by atoms with van der Waals surface area (Å²) in [5, 5.41) is 10.4. The molecule has 0 amide bonds. The molecule has 1 aromatic rings. The second kappa shape index (κ2) is 4.82. The maximum Gasteiger partial charge on any atom is 0.490 e. The van der Waals surface area contributed by atoms with Crippen LogP contribution < -0.4 is 5.32 Å². The molecular formula is C9H9F3N2O2. The van der Waals surface area contributed by atoms with Crippen molar-refractivity contribution in [3.05, 3.63) is 24.0 Å². The van der Waals surface area contributed by atoms with Crippen LogP contribution in [-0.4, -0.2) is 28.8 Å². The lowest BCUT2D eigenvalue weighted by Crippen LogP contribution is -2.21. The van der Waals surface area contributed by atoms with E-state index < -0.39 is 12.1 Å². The number of nitrogens with zero attached hydrogens (tertiary/aromatic N) is 1. The van der Waals surface area contributed by atoms with Crippen molar-refractivity contribution in [1.29, 1.82) is 0 Å². The number of nitrogens with one attached hydrogen (secondary N) is 1. The Balaban J connectivity index is 0.000000168. The molecule has 0 unspecified atom stereocenters. The molecule has 0 atom stereocenters. The summed E-state index contributed by atoms with van der Waals surface area (Å²) in [7, 11) is 0. The Morgan fingerprint density at radius 1 is 1.50 bits per heavy atom. The minimum Gasteiger partial charge on any atom is -0.475 e. The SMILES string of the molecule is O=C(O)C(F)(F)F.c1cc2c(cn1)CCN2. The molecule has 1 aliphatic heterocycles. The molecule has 16 heavy (non-hydrogen) atoms. The van der Waals surface area contributed by atoms with Crippen molar-refractivity contribution in [1.82, 2.24) is 4.98 Å². The monoisotopic (exact) mass is 234 g/mol. The van der Waals surface area contributed by atoms with Crippen LogP contribution in [0.5, 0.6) is 0 Å². The average Bonchev–Trinajstić information content (AvgIpc) is 2.64. The number of aliphatic carboxylic acids is 1. The lowest BCUT2D eigenvalue weighted by molar-refractivity contribution is -0.192. The molecule has 1 aromatic heterocycles. The highest BCUT2D eigenvalue weighted by atomic mass is 19.4. The highest BCUT2D eigenvalue weighted by Gasteiger charge is 2.38. The lowest BCUT2D eigenvalue weighted by atomic mass is 10.2. The fourth-order valence-corrected chi connectivity index (χ4v) is 1.13. The summed E-state index contributed by atoms with van der Waals surface area (Å²) in [4.78, 5) is 12.9. The largest absolute Gasteiger partial charge is 0.490 e. The summed E-state index contributed by atoms with van der Waals surface area (Å²) in [6, 6.07) is 2.02. The second-order valence-corrected chi connectivity index (χ2v) is 3.01. The molecule has 7 heteroatoms. The number of hydrogen-bond acceptors (Lipinski definition) is 3. The molecule has 2 N–H and O–H groups in total. The summed E-state index contributed by atoms with van der Waals surface area (Å²) in [5.74, 6) is -2.76. The van der Waals surface area contributed by atoms with E-state index in [2.05, 4.69) is 10.3 Å². The number of rotatable bonds is 0. The first-order valence-electron chi connectivity index (χ1n) is 4.38. The number of alkyl halides is 3. The van der Waals surface area contributed by atoms with Gasteiger partial charge in [0.1, 0.15) is 0 Å². The number of anilines is 1. The predicted octanol–water partition coefficient (Wildman–Crippen LogP) is 1.68. The third-order valence-electron chi connectivity index (χ3n) is 1.86. The quantitative estimate of drug-likeness (QED) is 0.717. The number of halogens is 3. The van der Waals surface area contributed by atoms with Crippen LogP contribution in [0.2, 0.25) is 0 Å². The molecule has 0 bridgehead atoms. The Morgan fingerprint density at radius 3 is 2.62 bits per heavy atom. The number of hydrogen-bond donors (Lipinski definition) is 2. The van der Waals surface area contributed by atoms with E-state index in [0.29, 0.717) is 0 Å². The van der Waals surface area contributed by atoms with Crippen molar-refractivity contribution >= 4 is 11.7 Å². The number of aromatic nitrogens is 1. The first-order chi connectivity index (χ1) is 7.41. The van der Waals surface area contributed by atoms with E-state index in [9.17, 15) is 13.2 Å². The summed E-state index contributed by atoms with van der Waals surface area (Å²) < 4.78 is 31.7. The van der Waals surface area contributed by atoms with E-state index in [1.165, 1.54) is 11.3 Å². The number of carbonyl (C=O) groups is 1. The van der Waals surface area contributed by atoms with E-state index in [0.717, 1.165) is 13.0 Å². The van der Waals surface area contributed by atoms with Gasteiger partial charge >= 0.3 is 12.1 Å². The molecule has 4 nitrogen and oxygen atoms in total. The summed E-state index contributed by atoms with van der Waals surface area (Å²) in [5.41, 5.74) is 2.60. The van der Waals surface area contributed by atoms with E-state index in [1.807, 2.05) is 18.5 Å². The van der Waals surface area contributed by atoms with E-state index in [1.54, 1.807) is 0 Å². The minimum absolute atomic E-state index is 1.07. The molecule has 0 radical (unpaired) electrons. The van der Waals surface area contributed by atoms with Gasteiger partial charge in [0.15, 0.2) is 0 Å². The number of fused-ring (bicyclic) bond motifs is 1. The van der Waals surface area contributed by atoms with Gasteiger partial charge < -0.3 is 10.4 Å². The third kappa shape index (κ3) is 3.41. The van der Waals surface area contributed by atoms with Gasteiger partial charge in [-0.2, -0.15) is 13.2 Å². The summed E-state index contributed by atoms with van der Waals surface area (Å²) in [6.45, 7) is 1.07. The fraction of sp³-hybridized carbons (Fsp3) is 0.333. The van der Waals surface area contributed by atoms with Crippen LogP contribution in [0.1, 0.15) is 5.56 Å². The summed E-state index contributed by atoms with van der Waals surface area (Å²) in [6.07, 6.45) is -0.213. The number of carboxylic acid groups (broad SMARTS) is 1. The van der Waals surface area contributed by atoms with Crippen molar-refractivity contribution in [2.45, 2.75) is 12.6 Å². The zero-order valence-corrected chi connectivity index (χ0v) is 8.08. The molecule has 0 spiro atoms. The Kier molecular flexibility index (Phi) is 3.70. The van der Waals surface area contributed by atoms with Gasteiger partial charge in [0, 0.05) is 24.6 Å². The van der Waals surface area contributed by atoms with Crippen molar-refractivity contribution in [3.63, 3.8) is 0 Å². The van der Waals surface area contributed by atoms with Gasteiger partial charge in [-0.3, -0.25) is 4.98 Å². The fourth-order valence-electron chi connectivity index (χ4n) is 1.13. The average molecular weight is 234 g/mol. The van der Waals surface area contributed by atoms with Gasteiger partial charge in [-0.15, -0.1) is 0 Å². The second-order valence-electron chi connectivity index (χ2n) is 3.01. The molecule has 0 fully saturated rings. The van der Waals surface area contributed by atoms with Gasteiger partial charge in [0.05, 0.1) is 0 Å². The van der Waals surface area contributed by atoms with Gasteiger partial charge in [-0.05, 0) is 18.1 Å². The van der Waals surface area contributed by atoms with E-state index >= 15 is 0 Å². The molecule has 2 heterocycles. The highest BCUT2D eigenvalue weighted by Crippen LogP contribution is 2.18. The number of pyridine rings is 1. The molecule has 1 aliphatic rings. The van der Waals surface area contributed by atoms with Crippen LogP contribution in [0.3, 0.4) is 0 Å². The molecule has 2 rings (SSSR count). The smallest absolute Gasteiger partial charge is 0.475 e. The van der Waals surface area contributed by atoms with E-state index in [-0.39, 0.29) is 0 Å². The molecule has 0 saturated heterocycles. The zero-order valence-electron chi connectivity index (χ0n) is 8.08. The normalized spacial score (nSPS) is 13.2. The van der Waals surface area contributed by atoms with Crippen LogP contribution in [0.15, 0.2) is 18.5 Å². The van der Waals surface area contributed by atoms with Crippen molar-refractivity contribution in [2.24, 2.45) is 0 Å².